The number of hydrogen-bond donors (Lipinski definition) is 4. The highest BCUT2D eigenvalue weighted by molar-refractivity contribution is 8.00. The number of methoxy groups -OCH3 is 1. The molecule has 0 heterocycles. The van der Waals surface area contributed by atoms with Crippen molar-refractivity contribution in [2.24, 2.45) is 0 Å². The van der Waals surface area contributed by atoms with Crippen molar-refractivity contribution >= 4 is 46.9 Å². The van der Waals surface area contributed by atoms with Crippen LogP contribution in [-0.2, 0) is 16.0 Å². The van der Waals surface area contributed by atoms with Gasteiger partial charge >= 0.3 is 0 Å². The Morgan fingerprint density at radius 2 is 1.55 bits per heavy atom. The molecule has 0 bridgehead atoms. The van der Waals surface area contributed by atoms with Crippen LogP contribution >= 0.6 is 11.8 Å². The molecule has 5 aromatic rings. The summed E-state index contributed by atoms with van der Waals surface area (Å²) in [6.45, 7) is 4.04. The zero-order valence-electron chi connectivity index (χ0n) is 27.4. The number of rotatable bonds is 12. The Hall–Kier alpha value is -5.80. The lowest BCUT2D eigenvalue weighted by Crippen LogP contribution is -2.30. The standard InChI is InChI=1S/C40H37N3O5S/c1-4-27-18-11-13-26(2)36(27)43-40(47)37(28-14-7-5-8-15-28)49-33-20-12-19-31(24-33)41-39(46)34(42-38(45)29-16-9-6-10-17-29)23-30-21-22-32(44)25-35(30)48-3/h5-25,37,44H,4H2,1-3H3,(H,41,46)(H,42,45)(H,43,47)/b34-23+. The Labute approximate surface area is 290 Å². The van der Waals surface area contributed by atoms with Gasteiger partial charge < -0.3 is 25.8 Å². The van der Waals surface area contributed by atoms with Gasteiger partial charge in [-0.15, -0.1) is 11.8 Å². The summed E-state index contributed by atoms with van der Waals surface area (Å²) in [5.41, 5.74) is 4.97. The molecule has 1 atom stereocenters. The summed E-state index contributed by atoms with van der Waals surface area (Å²) in [7, 11) is 1.45. The van der Waals surface area contributed by atoms with Gasteiger partial charge in [-0.3, -0.25) is 14.4 Å². The monoisotopic (exact) mass is 671 g/mol. The lowest BCUT2D eigenvalue weighted by atomic mass is 10.1. The zero-order valence-corrected chi connectivity index (χ0v) is 28.2. The predicted molar refractivity (Wildman–Crippen MR) is 196 cm³/mol. The van der Waals surface area contributed by atoms with E-state index in [1.54, 1.807) is 54.6 Å². The fourth-order valence-corrected chi connectivity index (χ4v) is 6.27. The van der Waals surface area contributed by atoms with E-state index in [4.69, 9.17) is 4.74 Å². The number of thioether (sulfide) groups is 1. The first-order chi connectivity index (χ1) is 23.7. The van der Waals surface area contributed by atoms with Gasteiger partial charge in [0.05, 0.1) is 7.11 Å². The first-order valence-electron chi connectivity index (χ1n) is 15.7. The van der Waals surface area contributed by atoms with E-state index in [0.717, 1.165) is 33.7 Å². The summed E-state index contributed by atoms with van der Waals surface area (Å²) < 4.78 is 5.40. The summed E-state index contributed by atoms with van der Waals surface area (Å²) in [6, 6.07) is 35.8. The number of phenols is 1. The average molecular weight is 672 g/mol. The average Bonchev–Trinajstić information content (AvgIpc) is 3.12. The van der Waals surface area contributed by atoms with E-state index in [1.807, 2.05) is 61.5 Å². The molecule has 0 radical (unpaired) electrons. The summed E-state index contributed by atoms with van der Waals surface area (Å²) in [4.78, 5) is 41.5. The van der Waals surface area contributed by atoms with Crippen LogP contribution in [0, 0.1) is 6.92 Å². The number of carbonyl (C=O) groups is 3. The van der Waals surface area contributed by atoms with E-state index in [9.17, 15) is 19.5 Å². The largest absolute Gasteiger partial charge is 0.508 e. The summed E-state index contributed by atoms with van der Waals surface area (Å²) >= 11 is 1.37. The number of carbonyl (C=O) groups excluding carboxylic acids is 3. The summed E-state index contributed by atoms with van der Waals surface area (Å²) in [5.74, 6) is -0.896. The van der Waals surface area contributed by atoms with Gasteiger partial charge in [0.15, 0.2) is 0 Å². The van der Waals surface area contributed by atoms with Crippen LogP contribution in [-0.4, -0.2) is 29.9 Å². The number of benzene rings is 5. The number of aryl methyl sites for hydroxylation is 2. The molecule has 49 heavy (non-hydrogen) atoms. The Morgan fingerprint density at radius 1 is 0.837 bits per heavy atom. The van der Waals surface area contributed by atoms with Crippen molar-refractivity contribution in [2.75, 3.05) is 17.7 Å². The Bertz CT molecular complexity index is 1980. The lowest BCUT2D eigenvalue weighted by Gasteiger charge is -2.20. The molecule has 0 fully saturated rings. The lowest BCUT2D eigenvalue weighted by molar-refractivity contribution is -0.116. The molecule has 4 N–H and O–H groups in total. The molecule has 248 valence electrons. The van der Waals surface area contributed by atoms with Gasteiger partial charge in [-0.1, -0.05) is 79.7 Å². The van der Waals surface area contributed by atoms with Gasteiger partial charge in [0.25, 0.3) is 11.8 Å². The molecule has 9 heteroatoms. The maximum atomic E-state index is 13.9. The number of hydrogen-bond acceptors (Lipinski definition) is 6. The molecule has 8 nitrogen and oxygen atoms in total. The number of anilines is 2. The van der Waals surface area contributed by atoms with Crippen LogP contribution in [0.5, 0.6) is 11.5 Å². The van der Waals surface area contributed by atoms with E-state index in [1.165, 1.54) is 37.1 Å². The number of para-hydroxylation sites is 1. The Morgan fingerprint density at radius 3 is 2.27 bits per heavy atom. The van der Waals surface area contributed by atoms with Crippen molar-refractivity contribution < 1.29 is 24.2 Å². The Balaban J connectivity index is 1.42. The van der Waals surface area contributed by atoms with Crippen molar-refractivity contribution in [1.82, 2.24) is 5.32 Å². The number of ether oxygens (including phenoxy) is 1. The van der Waals surface area contributed by atoms with Crippen molar-refractivity contribution in [3.63, 3.8) is 0 Å². The zero-order chi connectivity index (χ0) is 34.8. The second-order valence-electron chi connectivity index (χ2n) is 11.1. The quantitative estimate of drug-likeness (QED) is 0.0786. The van der Waals surface area contributed by atoms with E-state index >= 15 is 0 Å². The molecule has 0 aliphatic heterocycles. The maximum absolute atomic E-state index is 13.9. The third kappa shape index (κ3) is 8.97. The first kappa shape index (κ1) is 34.5. The minimum absolute atomic E-state index is 0.00478. The van der Waals surface area contributed by atoms with Crippen LogP contribution < -0.4 is 20.7 Å². The van der Waals surface area contributed by atoms with Crippen LogP contribution in [0.25, 0.3) is 6.08 Å². The van der Waals surface area contributed by atoms with Crippen LogP contribution in [0.15, 0.2) is 132 Å². The highest BCUT2D eigenvalue weighted by Crippen LogP contribution is 2.38. The molecule has 5 aromatic carbocycles. The van der Waals surface area contributed by atoms with E-state index in [2.05, 4.69) is 22.9 Å². The molecule has 5 rings (SSSR count). The first-order valence-corrected chi connectivity index (χ1v) is 16.6. The molecule has 0 aromatic heterocycles. The Kier molecular flexibility index (Phi) is 11.5. The highest BCUT2D eigenvalue weighted by atomic mass is 32.2. The van der Waals surface area contributed by atoms with E-state index in [0.29, 0.717) is 22.6 Å². The fourth-order valence-electron chi connectivity index (χ4n) is 5.19. The normalized spacial score (nSPS) is 11.7. The molecule has 0 aliphatic carbocycles. The minimum atomic E-state index is -0.584. The van der Waals surface area contributed by atoms with Gasteiger partial charge in [-0.2, -0.15) is 0 Å². The van der Waals surface area contributed by atoms with E-state index < -0.39 is 17.1 Å². The van der Waals surface area contributed by atoms with Crippen LogP contribution in [0.1, 0.15) is 44.8 Å². The minimum Gasteiger partial charge on any atom is -0.508 e. The number of aromatic hydroxyl groups is 1. The molecule has 0 saturated carbocycles. The highest BCUT2D eigenvalue weighted by Gasteiger charge is 2.24. The molecule has 0 spiro atoms. The van der Waals surface area contributed by atoms with Crippen LogP contribution in [0.3, 0.4) is 0 Å². The predicted octanol–water partition coefficient (Wildman–Crippen LogP) is 8.15. The number of phenolic OH excluding ortho intramolecular Hbond substituents is 1. The van der Waals surface area contributed by atoms with Gasteiger partial charge in [0.2, 0.25) is 5.91 Å². The topological polar surface area (TPSA) is 117 Å². The second-order valence-corrected chi connectivity index (χ2v) is 12.3. The fraction of sp³-hybridized carbons (Fsp3) is 0.125. The van der Waals surface area contributed by atoms with Crippen molar-refractivity contribution in [3.05, 3.63) is 155 Å². The van der Waals surface area contributed by atoms with Gasteiger partial charge in [0, 0.05) is 33.5 Å². The van der Waals surface area contributed by atoms with Crippen molar-refractivity contribution in [2.45, 2.75) is 30.4 Å². The van der Waals surface area contributed by atoms with Crippen molar-refractivity contribution in [3.8, 4) is 11.5 Å². The summed E-state index contributed by atoms with van der Waals surface area (Å²) in [6.07, 6.45) is 2.27. The SMILES string of the molecule is CCc1cccc(C)c1NC(=O)C(Sc1cccc(NC(=O)/C(=C\c2ccc(O)cc2OC)NC(=O)c2ccccc2)c1)c1ccccc1. The third-order valence-corrected chi connectivity index (χ3v) is 8.97. The molecule has 1 unspecified atom stereocenters. The molecule has 0 aliphatic rings. The van der Waals surface area contributed by atoms with Gasteiger partial charge in [0.1, 0.15) is 22.4 Å². The van der Waals surface area contributed by atoms with Crippen LogP contribution in [0.2, 0.25) is 0 Å². The molecule has 0 saturated heterocycles. The molecule has 3 amide bonds. The van der Waals surface area contributed by atoms with Crippen molar-refractivity contribution in [1.29, 1.82) is 0 Å². The van der Waals surface area contributed by atoms with Crippen LogP contribution in [0.4, 0.5) is 11.4 Å². The molecular formula is C40H37N3O5S. The van der Waals surface area contributed by atoms with E-state index in [-0.39, 0.29) is 17.4 Å². The molecular weight excluding hydrogens is 635 g/mol. The smallest absolute Gasteiger partial charge is 0.272 e. The number of nitrogens with one attached hydrogen (secondary N) is 3. The third-order valence-electron chi connectivity index (χ3n) is 7.72. The van der Waals surface area contributed by atoms with Gasteiger partial charge in [-0.05, 0) is 78.6 Å². The number of amides is 3. The maximum Gasteiger partial charge on any atom is 0.272 e. The summed E-state index contributed by atoms with van der Waals surface area (Å²) in [5, 5.41) is 18.1. The second kappa shape index (κ2) is 16.3. The van der Waals surface area contributed by atoms with Gasteiger partial charge in [-0.25, -0.2) is 0 Å².